The molecule has 0 amide bonds. The molecule has 4 N–H and O–H groups in total. The molecule has 0 aliphatic carbocycles. The van der Waals surface area contributed by atoms with Crippen molar-refractivity contribution in [1.29, 1.82) is 0 Å². The van der Waals surface area contributed by atoms with E-state index in [0.717, 1.165) is 0 Å². The van der Waals surface area contributed by atoms with E-state index in [0.29, 0.717) is 39.3 Å². The first-order chi connectivity index (χ1) is 11.4. The fraction of sp³-hybridized carbons (Fsp3) is 0.846. The number of rotatable bonds is 16. The normalized spacial score (nSPS) is 11.6. The van der Waals surface area contributed by atoms with E-state index < -0.39 is 11.9 Å². The molecule has 0 fully saturated rings. The van der Waals surface area contributed by atoms with Gasteiger partial charge < -0.3 is 10.2 Å². The predicted molar refractivity (Wildman–Crippen MR) is 82.8 cm³/mol. The number of likely N-dealkylation sites (N-methyl/N-ethyl adjacent to an activating group) is 1. The highest BCUT2D eigenvalue weighted by atomic mass is 17.1. The van der Waals surface area contributed by atoms with E-state index in [1.165, 1.54) is 0 Å². The minimum atomic E-state index is -0.972. The fourth-order valence-electron chi connectivity index (χ4n) is 2.04. The molecule has 0 aliphatic rings. The molecule has 0 bridgehead atoms. The van der Waals surface area contributed by atoms with Gasteiger partial charge in [0.2, 0.25) is 0 Å². The molecule has 0 saturated heterocycles. The highest BCUT2D eigenvalue weighted by molar-refractivity contribution is 5.69. The van der Waals surface area contributed by atoms with Crippen molar-refractivity contribution >= 4 is 11.9 Å². The summed E-state index contributed by atoms with van der Waals surface area (Å²) in [5.41, 5.74) is 0. The predicted octanol–water partition coefficient (Wildman–Crippen LogP) is -1.33. The van der Waals surface area contributed by atoms with Gasteiger partial charge in [0.15, 0.2) is 0 Å². The van der Waals surface area contributed by atoms with Gasteiger partial charge in [0.25, 0.3) is 0 Å². The number of carbonyl (C=O) groups is 2. The molecule has 0 aromatic rings. The summed E-state index contributed by atoms with van der Waals surface area (Å²) in [5, 5.41) is 34.5. The first-order valence-corrected chi connectivity index (χ1v) is 7.48. The Hall–Kier alpha value is -1.34. The summed E-state index contributed by atoms with van der Waals surface area (Å²) < 4.78 is 0. The number of hydrogen-bond donors (Lipinski definition) is 4. The summed E-state index contributed by atoms with van der Waals surface area (Å²) in [6, 6.07) is 0. The zero-order valence-corrected chi connectivity index (χ0v) is 13.8. The van der Waals surface area contributed by atoms with Crippen LogP contribution in [0.2, 0.25) is 0 Å². The van der Waals surface area contributed by atoms with Gasteiger partial charge in [-0.3, -0.25) is 34.8 Å². The standard InChI is InChI=1S/C13H27N3O8/c1-14(10-12(17)18)2-3-16(11-13(19)20)5-4-15(6-8-23-21)7-9-24-22/h21-22H,2-11H2,1H3,(H,17,18)(H,19,20). The van der Waals surface area contributed by atoms with Crippen molar-refractivity contribution in [2.45, 2.75) is 0 Å². The third-order valence-electron chi connectivity index (χ3n) is 3.29. The Labute approximate surface area is 140 Å². The summed E-state index contributed by atoms with van der Waals surface area (Å²) in [6.07, 6.45) is 0. The Morgan fingerprint density at radius 1 is 0.750 bits per heavy atom. The summed E-state index contributed by atoms with van der Waals surface area (Å²) in [6.45, 7) is 2.36. The van der Waals surface area contributed by atoms with Crippen molar-refractivity contribution in [3.63, 3.8) is 0 Å². The van der Waals surface area contributed by atoms with Crippen LogP contribution < -0.4 is 0 Å². The maximum Gasteiger partial charge on any atom is 0.317 e. The Balaban J connectivity index is 4.40. The van der Waals surface area contributed by atoms with E-state index in [4.69, 9.17) is 20.7 Å². The molecular formula is C13H27N3O8. The third kappa shape index (κ3) is 13.1. The van der Waals surface area contributed by atoms with Gasteiger partial charge in [-0.25, -0.2) is 9.78 Å². The Morgan fingerprint density at radius 3 is 1.67 bits per heavy atom. The topological polar surface area (TPSA) is 143 Å². The number of nitrogens with zero attached hydrogens (tertiary/aromatic N) is 3. The molecule has 0 radical (unpaired) electrons. The number of aliphatic carboxylic acids is 2. The van der Waals surface area contributed by atoms with Crippen molar-refractivity contribution in [2.75, 3.05) is 72.6 Å². The lowest BCUT2D eigenvalue weighted by atomic mass is 10.3. The number of carboxylic acids is 2. The zero-order chi connectivity index (χ0) is 18.4. The van der Waals surface area contributed by atoms with Gasteiger partial charge in [-0.1, -0.05) is 0 Å². The highest BCUT2D eigenvalue weighted by Gasteiger charge is 2.14. The van der Waals surface area contributed by atoms with E-state index >= 15 is 0 Å². The summed E-state index contributed by atoms with van der Waals surface area (Å²) in [5.74, 6) is -1.92. The average Bonchev–Trinajstić information content (AvgIpc) is 2.50. The fourth-order valence-corrected chi connectivity index (χ4v) is 2.04. The van der Waals surface area contributed by atoms with Crippen LogP contribution in [0.3, 0.4) is 0 Å². The largest absolute Gasteiger partial charge is 0.480 e. The molecule has 11 nitrogen and oxygen atoms in total. The molecule has 0 atom stereocenters. The second kappa shape index (κ2) is 14.0. The second-order valence-corrected chi connectivity index (χ2v) is 5.31. The first-order valence-electron chi connectivity index (χ1n) is 7.48. The quantitative estimate of drug-likeness (QED) is 0.193. The average molecular weight is 353 g/mol. The van der Waals surface area contributed by atoms with Crippen LogP contribution in [0.15, 0.2) is 0 Å². The molecule has 11 heteroatoms. The van der Waals surface area contributed by atoms with Crippen LogP contribution in [0.4, 0.5) is 0 Å². The van der Waals surface area contributed by atoms with Gasteiger partial charge in [-0.2, -0.15) is 0 Å². The molecule has 24 heavy (non-hydrogen) atoms. The molecule has 0 rings (SSSR count). The van der Waals surface area contributed by atoms with E-state index in [1.54, 1.807) is 16.8 Å². The van der Waals surface area contributed by atoms with Gasteiger partial charge >= 0.3 is 11.9 Å². The number of carboxylic acid groups (broad SMARTS) is 2. The van der Waals surface area contributed by atoms with E-state index in [-0.39, 0.29) is 26.3 Å². The van der Waals surface area contributed by atoms with E-state index in [2.05, 4.69) is 9.78 Å². The smallest absolute Gasteiger partial charge is 0.317 e. The molecule has 0 aliphatic heterocycles. The minimum absolute atomic E-state index is 0.0751. The Kier molecular flexibility index (Phi) is 13.3. The Morgan fingerprint density at radius 2 is 1.21 bits per heavy atom. The van der Waals surface area contributed by atoms with Crippen LogP contribution in [-0.2, 0) is 19.4 Å². The van der Waals surface area contributed by atoms with Crippen molar-refractivity contribution in [2.24, 2.45) is 0 Å². The third-order valence-corrected chi connectivity index (χ3v) is 3.29. The number of hydrogen-bond acceptors (Lipinski definition) is 9. The maximum atomic E-state index is 11.0. The van der Waals surface area contributed by atoms with Gasteiger partial charge in [0, 0.05) is 39.3 Å². The SMILES string of the molecule is CN(CCN(CCN(CCOO)CCOO)CC(=O)O)CC(=O)O. The molecule has 0 aromatic carbocycles. The van der Waals surface area contributed by atoms with Gasteiger partial charge in [-0.05, 0) is 7.05 Å². The van der Waals surface area contributed by atoms with E-state index in [9.17, 15) is 9.59 Å². The van der Waals surface area contributed by atoms with Gasteiger partial charge in [0.1, 0.15) is 0 Å². The van der Waals surface area contributed by atoms with Crippen molar-refractivity contribution in [3.8, 4) is 0 Å². The Bertz CT molecular complexity index is 350. The van der Waals surface area contributed by atoms with Crippen LogP contribution in [-0.4, -0.2) is 120 Å². The molecule has 0 unspecified atom stereocenters. The van der Waals surface area contributed by atoms with Crippen LogP contribution >= 0.6 is 0 Å². The summed E-state index contributed by atoms with van der Waals surface area (Å²) >= 11 is 0. The van der Waals surface area contributed by atoms with Crippen molar-refractivity contribution in [1.82, 2.24) is 14.7 Å². The lowest BCUT2D eigenvalue weighted by Crippen LogP contribution is -2.43. The summed E-state index contributed by atoms with van der Waals surface area (Å²) in [7, 11) is 1.65. The molecule has 0 aromatic heterocycles. The van der Waals surface area contributed by atoms with Crippen molar-refractivity contribution in [3.05, 3.63) is 0 Å². The monoisotopic (exact) mass is 353 g/mol. The molecule has 0 spiro atoms. The highest BCUT2D eigenvalue weighted by Crippen LogP contribution is 1.95. The molecule has 0 heterocycles. The van der Waals surface area contributed by atoms with Crippen LogP contribution in [0.25, 0.3) is 0 Å². The van der Waals surface area contributed by atoms with Crippen LogP contribution in [0.5, 0.6) is 0 Å². The minimum Gasteiger partial charge on any atom is -0.480 e. The maximum absolute atomic E-state index is 11.0. The lowest BCUT2D eigenvalue weighted by Gasteiger charge is -2.27. The van der Waals surface area contributed by atoms with Gasteiger partial charge in [-0.15, -0.1) is 0 Å². The van der Waals surface area contributed by atoms with Gasteiger partial charge in [0.05, 0.1) is 26.3 Å². The first kappa shape index (κ1) is 22.7. The summed E-state index contributed by atoms with van der Waals surface area (Å²) in [4.78, 5) is 34.7. The molecule has 142 valence electrons. The van der Waals surface area contributed by atoms with Crippen LogP contribution in [0, 0.1) is 0 Å². The second-order valence-electron chi connectivity index (χ2n) is 5.31. The molecule has 0 saturated carbocycles. The zero-order valence-electron chi connectivity index (χ0n) is 13.8. The van der Waals surface area contributed by atoms with Crippen LogP contribution in [0.1, 0.15) is 0 Å². The van der Waals surface area contributed by atoms with E-state index in [1.807, 2.05) is 4.90 Å². The lowest BCUT2D eigenvalue weighted by molar-refractivity contribution is -0.251. The molecular weight excluding hydrogens is 326 g/mol. The van der Waals surface area contributed by atoms with Crippen molar-refractivity contribution < 1.29 is 40.1 Å².